The maximum atomic E-state index is 11.9. The largest absolute Gasteiger partial charge is 0.356 e. The van der Waals surface area contributed by atoms with Crippen LogP contribution in [0.3, 0.4) is 0 Å². The van der Waals surface area contributed by atoms with Crippen LogP contribution in [0.15, 0.2) is 28.8 Å². The van der Waals surface area contributed by atoms with Crippen LogP contribution in [0.25, 0.3) is 11.0 Å². The first-order valence-electron chi connectivity index (χ1n) is 6.33. The van der Waals surface area contributed by atoms with E-state index < -0.39 is 0 Å². The predicted molar refractivity (Wildman–Crippen MR) is 73.4 cm³/mol. The molecule has 0 aliphatic rings. The quantitative estimate of drug-likeness (QED) is 0.835. The number of benzene rings is 1. The predicted octanol–water partition coefficient (Wildman–Crippen LogP) is 2.29. The Labute approximate surface area is 112 Å². The van der Waals surface area contributed by atoms with E-state index in [0.29, 0.717) is 11.3 Å². The molecule has 98 valence electrons. The third kappa shape index (κ3) is 3.14. The summed E-state index contributed by atoms with van der Waals surface area (Å²) in [6.07, 6.45) is 7.26. The first-order valence-corrected chi connectivity index (χ1v) is 6.33. The molecular weight excluding hydrogens is 240 g/mol. The van der Waals surface area contributed by atoms with Crippen LogP contribution < -0.4 is 5.32 Å². The fourth-order valence-corrected chi connectivity index (χ4v) is 1.95. The number of aromatic nitrogens is 1. The highest BCUT2D eigenvalue weighted by molar-refractivity contribution is 5.86. The van der Waals surface area contributed by atoms with Crippen molar-refractivity contribution in [2.75, 3.05) is 0 Å². The molecule has 1 N–H and O–H groups in total. The van der Waals surface area contributed by atoms with Gasteiger partial charge in [0.15, 0.2) is 5.58 Å². The number of fused-ring (bicyclic) bond motifs is 1. The van der Waals surface area contributed by atoms with Gasteiger partial charge in [-0.3, -0.25) is 4.79 Å². The van der Waals surface area contributed by atoms with Gasteiger partial charge >= 0.3 is 0 Å². The molecule has 4 heteroatoms. The van der Waals surface area contributed by atoms with Gasteiger partial charge < -0.3 is 9.84 Å². The molecule has 1 aromatic heterocycles. The summed E-state index contributed by atoms with van der Waals surface area (Å²) in [6, 6.07) is 7.26. The number of carbonyl (C=O) groups excluding carboxylic acids is 1. The molecule has 0 spiro atoms. The monoisotopic (exact) mass is 256 g/mol. The Morgan fingerprint density at radius 3 is 3.05 bits per heavy atom. The Bertz CT molecular complexity index is 610. The highest BCUT2D eigenvalue weighted by Crippen LogP contribution is 2.18. The second kappa shape index (κ2) is 6.05. The van der Waals surface area contributed by atoms with Crippen LogP contribution in [-0.4, -0.2) is 17.1 Å². The lowest BCUT2D eigenvalue weighted by atomic mass is 10.1. The van der Waals surface area contributed by atoms with E-state index in [0.717, 1.165) is 18.2 Å². The zero-order valence-corrected chi connectivity index (χ0v) is 10.8. The van der Waals surface area contributed by atoms with Gasteiger partial charge in [0.1, 0.15) is 5.69 Å². The molecule has 0 saturated heterocycles. The maximum absolute atomic E-state index is 11.9. The van der Waals surface area contributed by atoms with Gasteiger partial charge in [0.05, 0.1) is 12.5 Å². The van der Waals surface area contributed by atoms with E-state index in [1.165, 1.54) is 0 Å². The minimum absolute atomic E-state index is 0.129. The van der Waals surface area contributed by atoms with Crippen molar-refractivity contribution < 1.29 is 9.32 Å². The van der Waals surface area contributed by atoms with E-state index in [4.69, 9.17) is 10.9 Å². The number of terminal acetylenes is 1. The summed E-state index contributed by atoms with van der Waals surface area (Å²) in [5.74, 6) is 2.45. The molecule has 2 rings (SSSR count). The highest BCUT2D eigenvalue weighted by atomic mass is 16.5. The number of para-hydroxylation sites is 1. The fourth-order valence-electron chi connectivity index (χ4n) is 1.95. The van der Waals surface area contributed by atoms with Crippen LogP contribution in [0.5, 0.6) is 0 Å². The maximum Gasteiger partial charge on any atom is 0.227 e. The van der Waals surface area contributed by atoms with Gasteiger partial charge in [0.2, 0.25) is 5.91 Å². The summed E-state index contributed by atoms with van der Waals surface area (Å²) >= 11 is 0. The number of carbonyl (C=O) groups is 1. The van der Waals surface area contributed by atoms with Crippen molar-refractivity contribution in [1.29, 1.82) is 0 Å². The molecule has 0 saturated carbocycles. The molecule has 4 nitrogen and oxygen atoms in total. The third-order valence-corrected chi connectivity index (χ3v) is 2.89. The van der Waals surface area contributed by atoms with E-state index in [1.54, 1.807) is 0 Å². The van der Waals surface area contributed by atoms with Crippen LogP contribution in [0.2, 0.25) is 0 Å². The zero-order chi connectivity index (χ0) is 13.7. The van der Waals surface area contributed by atoms with Gasteiger partial charge in [-0.05, 0) is 18.6 Å². The van der Waals surface area contributed by atoms with Crippen LogP contribution >= 0.6 is 0 Å². The summed E-state index contributed by atoms with van der Waals surface area (Å²) in [7, 11) is 0. The SMILES string of the molecule is C#CC(CCC)NC(=O)Cc1noc2ccccc12. The van der Waals surface area contributed by atoms with Crippen molar-refractivity contribution in [1.82, 2.24) is 10.5 Å². The molecule has 1 heterocycles. The third-order valence-electron chi connectivity index (χ3n) is 2.89. The van der Waals surface area contributed by atoms with Gasteiger partial charge in [-0.2, -0.15) is 0 Å². The first kappa shape index (κ1) is 13.2. The fraction of sp³-hybridized carbons (Fsp3) is 0.333. The number of nitrogens with one attached hydrogen (secondary N) is 1. The topological polar surface area (TPSA) is 55.1 Å². The summed E-state index contributed by atoms with van der Waals surface area (Å²) < 4.78 is 5.16. The lowest BCUT2D eigenvalue weighted by molar-refractivity contribution is -0.120. The Kier molecular flexibility index (Phi) is 4.19. The Morgan fingerprint density at radius 2 is 2.32 bits per heavy atom. The van der Waals surface area contributed by atoms with E-state index >= 15 is 0 Å². The Morgan fingerprint density at radius 1 is 1.53 bits per heavy atom. The average Bonchev–Trinajstić information content (AvgIpc) is 2.82. The zero-order valence-electron chi connectivity index (χ0n) is 10.8. The van der Waals surface area contributed by atoms with Gasteiger partial charge in [-0.15, -0.1) is 6.42 Å². The van der Waals surface area contributed by atoms with Gasteiger partial charge in [0, 0.05) is 5.39 Å². The summed E-state index contributed by atoms with van der Waals surface area (Å²) in [5.41, 5.74) is 1.33. The molecule has 0 bridgehead atoms. The summed E-state index contributed by atoms with van der Waals surface area (Å²) in [6.45, 7) is 2.03. The minimum atomic E-state index is -0.212. The lowest BCUT2D eigenvalue weighted by Crippen LogP contribution is -2.34. The molecule has 0 fully saturated rings. The van der Waals surface area contributed by atoms with Crippen molar-refractivity contribution in [3.63, 3.8) is 0 Å². The standard InChI is InChI=1S/C15H16N2O2/c1-3-7-11(4-2)16-15(18)10-13-12-8-5-6-9-14(12)19-17-13/h2,5-6,8-9,11H,3,7,10H2,1H3,(H,16,18). The Balaban J connectivity index is 2.05. The Hall–Kier alpha value is -2.28. The molecule has 2 aromatic rings. The molecule has 19 heavy (non-hydrogen) atoms. The van der Waals surface area contributed by atoms with Crippen molar-refractivity contribution in [2.45, 2.75) is 32.2 Å². The number of amides is 1. The van der Waals surface area contributed by atoms with Crippen molar-refractivity contribution in [3.05, 3.63) is 30.0 Å². The van der Waals surface area contributed by atoms with E-state index in [-0.39, 0.29) is 18.4 Å². The van der Waals surface area contributed by atoms with Crippen LogP contribution in [0.1, 0.15) is 25.5 Å². The molecule has 1 aromatic carbocycles. The van der Waals surface area contributed by atoms with E-state index in [9.17, 15) is 4.79 Å². The smallest absolute Gasteiger partial charge is 0.227 e. The molecule has 1 atom stereocenters. The number of hydrogen-bond acceptors (Lipinski definition) is 3. The van der Waals surface area contributed by atoms with Crippen molar-refractivity contribution in [2.24, 2.45) is 0 Å². The highest BCUT2D eigenvalue weighted by Gasteiger charge is 2.14. The minimum Gasteiger partial charge on any atom is -0.356 e. The van der Waals surface area contributed by atoms with Crippen molar-refractivity contribution in [3.8, 4) is 12.3 Å². The van der Waals surface area contributed by atoms with Gasteiger partial charge in [-0.1, -0.05) is 36.6 Å². The van der Waals surface area contributed by atoms with E-state index in [2.05, 4.69) is 16.4 Å². The lowest BCUT2D eigenvalue weighted by Gasteiger charge is -2.11. The molecule has 1 unspecified atom stereocenters. The van der Waals surface area contributed by atoms with Crippen LogP contribution in [0.4, 0.5) is 0 Å². The van der Waals surface area contributed by atoms with Crippen LogP contribution in [0, 0.1) is 12.3 Å². The van der Waals surface area contributed by atoms with Crippen LogP contribution in [-0.2, 0) is 11.2 Å². The molecule has 0 aliphatic heterocycles. The molecule has 1 amide bonds. The second-order valence-electron chi connectivity index (χ2n) is 4.38. The second-order valence-corrected chi connectivity index (χ2v) is 4.38. The van der Waals surface area contributed by atoms with Gasteiger partial charge in [0.25, 0.3) is 0 Å². The first-order chi connectivity index (χ1) is 9.24. The normalized spacial score (nSPS) is 12.0. The summed E-state index contributed by atoms with van der Waals surface area (Å²) in [5, 5.41) is 7.61. The number of hydrogen-bond donors (Lipinski definition) is 1. The van der Waals surface area contributed by atoms with Crippen molar-refractivity contribution >= 4 is 16.9 Å². The molecular formula is C15H16N2O2. The number of nitrogens with zero attached hydrogens (tertiary/aromatic N) is 1. The summed E-state index contributed by atoms with van der Waals surface area (Å²) in [4.78, 5) is 11.9. The molecule has 0 aliphatic carbocycles. The molecule has 0 radical (unpaired) electrons. The average molecular weight is 256 g/mol. The number of rotatable bonds is 5. The van der Waals surface area contributed by atoms with Gasteiger partial charge in [-0.25, -0.2) is 0 Å². The van der Waals surface area contributed by atoms with E-state index in [1.807, 2.05) is 31.2 Å².